The van der Waals surface area contributed by atoms with Crippen LogP contribution >= 0.6 is 11.3 Å². The van der Waals surface area contributed by atoms with Gasteiger partial charge >= 0.3 is 0 Å². The van der Waals surface area contributed by atoms with Gasteiger partial charge in [-0.3, -0.25) is 14.2 Å². The molecule has 0 aliphatic heterocycles. The van der Waals surface area contributed by atoms with Gasteiger partial charge in [0.2, 0.25) is 5.91 Å². The Labute approximate surface area is 175 Å². The lowest BCUT2D eigenvalue weighted by molar-refractivity contribution is -0.119. The van der Waals surface area contributed by atoms with Crippen LogP contribution in [0.15, 0.2) is 23.0 Å². The van der Waals surface area contributed by atoms with E-state index in [1.54, 1.807) is 11.5 Å². The zero-order valence-electron chi connectivity index (χ0n) is 18.1. The monoisotopic (exact) mass is 412 g/mol. The summed E-state index contributed by atoms with van der Waals surface area (Å²) in [5.74, 6) is 0.365. The molecule has 0 saturated heterocycles. The van der Waals surface area contributed by atoms with Gasteiger partial charge in [0.05, 0.1) is 11.9 Å². The fourth-order valence-electron chi connectivity index (χ4n) is 3.38. The summed E-state index contributed by atoms with van der Waals surface area (Å²) in [7, 11) is 3.85. The molecule has 0 aliphatic rings. The number of thiophene rings is 1. The number of amides is 1. The van der Waals surface area contributed by atoms with Crippen LogP contribution in [0.4, 0.5) is 5.69 Å². The van der Waals surface area contributed by atoms with E-state index in [9.17, 15) is 9.59 Å². The zero-order valence-corrected chi connectivity index (χ0v) is 18.9. The van der Waals surface area contributed by atoms with E-state index in [0.29, 0.717) is 17.8 Å². The third-order valence-electron chi connectivity index (χ3n) is 5.39. The summed E-state index contributed by atoms with van der Waals surface area (Å²) in [6.45, 7) is 10.1. The van der Waals surface area contributed by atoms with Gasteiger partial charge in [-0.05, 0) is 71.5 Å². The number of anilines is 1. The number of hydrogen-bond acceptors (Lipinski definition) is 5. The highest BCUT2D eigenvalue weighted by atomic mass is 32.1. The molecule has 1 aromatic carbocycles. The first-order valence-electron chi connectivity index (χ1n) is 9.64. The van der Waals surface area contributed by atoms with Crippen molar-refractivity contribution in [1.29, 1.82) is 0 Å². The van der Waals surface area contributed by atoms with Crippen LogP contribution in [0.5, 0.6) is 0 Å². The molecule has 1 unspecified atom stereocenters. The highest BCUT2D eigenvalue weighted by Crippen LogP contribution is 2.27. The van der Waals surface area contributed by atoms with Crippen LogP contribution in [-0.4, -0.2) is 34.5 Å². The van der Waals surface area contributed by atoms with Gasteiger partial charge in [0.25, 0.3) is 5.56 Å². The van der Waals surface area contributed by atoms with Crippen LogP contribution in [0.25, 0.3) is 10.2 Å². The maximum atomic E-state index is 13.4. The Balaban J connectivity index is 2.09. The van der Waals surface area contributed by atoms with Crippen LogP contribution in [0, 0.1) is 27.7 Å². The molecule has 3 aromatic rings. The largest absolute Gasteiger partial charge is 0.324 e. The first-order valence-corrected chi connectivity index (χ1v) is 10.5. The van der Waals surface area contributed by atoms with Crippen molar-refractivity contribution >= 4 is 33.1 Å². The highest BCUT2D eigenvalue weighted by molar-refractivity contribution is 7.18. The van der Waals surface area contributed by atoms with E-state index in [-0.39, 0.29) is 11.5 Å². The number of benzene rings is 1. The number of carbonyl (C=O) groups excluding carboxylic acids is 1. The second-order valence-corrected chi connectivity index (χ2v) is 9.02. The number of aromatic nitrogens is 2. The summed E-state index contributed by atoms with van der Waals surface area (Å²) in [5, 5.41) is 3.60. The van der Waals surface area contributed by atoms with Crippen molar-refractivity contribution in [2.45, 2.75) is 47.2 Å². The number of rotatable bonds is 5. The molecule has 3 rings (SSSR count). The molecule has 6 nitrogen and oxygen atoms in total. The van der Waals surface area contributed by atoms with Gasteiger partial charge in [-0.15, -0.1) is 11.3 Å². The van der Waals surface area contributed by atoms with Crippen LogP contribution in [0.1, 0.15) is 40.4 Å². The predicted molar refractivity (Wildman–Crippen MR) is 120 cm³/mol. The summed E-state index contributed by atoms with van der Waals surface area (Å²) >= 11 is 1.53. The minimum absolute atomic E-state index is 0.155. The normalized spacial score (nSPS) is 12.6. The fraction of sp³-hybridized carbons (Fsp3) is 0.409. The van der Waals surface area contributed by atoms with Crippen molar-refractivity contribution in [2.24, 2.45) is 0 Å². The Kier molecular flexibility index (Phi) is 5.91. The van der Waals surface area contributed by atoms with Gasteiger partial charge in [-0.25, -0.2) is 4.98 Å². The quantitative estimate of drug-likeness (QED) is 0.689. The average Bonchev–Trinajstić information content (AvgIpc) is 2.92. The molecule has 2 heterocycles. The van der Waals surface area contributed by atoms with Gasteiger partial charge in [0.15, 0.2) is 0 Å². The number of carbonyl (C=O) groups is 1. The summed E-state index contributed by atoms with van der Waals surface area (Å²) in [4.78, 5) is 35.0. The van der Waals surface area contributed by atoms with Crippen molar-refractivity contribution < 1.29 is 4.79 Å². The summed E-state index contributed by atoms with van der Waals surface area (Å²) in [6.07, 6.45) is 0. The molecular weight excluding hydrogens is 384 g/mol. The van der Waals surface area contributed by atoms with Crippen molar-refractivity contribution in [2.75, 3.05) is 19.4 Å². The lowest BCUT2D eigenvalue weighted by atomic mass is 10.1. The SMILES string of the molecule is Cc1cccc(NC(=O)C(C)n2c(CN(C)C)nc3sc(C)c(C)c3c2=O)c1C. The van der Waals surface area contributed by atoms with E-state index in [0.717, 1.165) is 32.1 Å². The number of aryl methyl sites for hydroxylation is 3. The standard InChI is InChI=1S/C22H28N4O2S/c1-12-9-8-10-17(13(12)2)23-20(27)15(4)26-18(11-25(6)7)24-21-19(22(26)28)14(3)16(5)29-21/h8-10,15H,11H2,1-7H3,(H,23,27). The number of nitrogens with zero attached hydrogens (tertiary/aromatic N) is 3. The molecule has 0 radical (unpaired) electrons. The third kappa shape index (κ3) is 3.97. The Morgan fingerprint density at radius 2 is 1.90 bits per heavy atom. The number of fused-ring (bicyclic) bond motifs is 1. The van der Waals surface area contributed by atoms with Crippen LogP contribution < -0.4 is 10.9 Å². The Hall–Kier alpha value is -2.51. The van der Waals surface area contributed by atoms with Crippen molar-refractivity contribution in [3.05, 3.63) is 55.9 Å². The van der Waals surface area contributed by atoms with Crippen LogP contribution in [-0.2, 0) is 11.3 Å². The predicted octanol–water partition coefficient (Wildman–Crippen LogP) is 3.95. The smallest absolute Gasteiger partial charge is 0.263 e. The van der Waals surface area contributed by atoms with E-state index in [1.165, 1.54) is 11.3 Å². The maximum absolute atomic E-state index is 13.4. The molecule has 0 saturated carbocycles. The molecule has 0 spiro atoms. The molecule has 1 atom stereocenters. The minimum atomic E-state index is -0.686. The van der Waals surface area contributed by atoms with Gasteiger partial charge in [-0.2, -0.15) is 0 Å². The molecule has 1 N–H and O–H groups in total. The van der Waals surface area contributed by atoms with Crippen molar-refractivity contribution in [1.82, 2.24) is 14.5 Å². The maximum Gasteiger partial charge on any atom is 0.263 e. The Morgan fingerprint density at radius 3 is 2.55 bits per heavy atom. The number of nitrogens with one attached hydrogen (secondary N) is 1. The molecule has 0 fully saturated rings. The molecule has 0 bridgehead atoms. The minimum Gasteiger partial charge on any atom is -0.324 e. The average molecular weight is 413 g/mol. The fourth-order valence-corrected chi connectivity index (χ4v) is 4.42. The topological polar surface area (TPSA) is 67.2 Å². The molecule has 154 valence electrons. The Bertz CT molecular complexity index is 1140. The Morgan fingerprint density at radius 1 is 1.21 bits per heavy atom. The molecule has 29 heavy (non-hydrogen) atoms. The van der Waals surface area contributed by atoms with Gasteiger partial charge < -0.3 is 10.2 Å². The number of hydrogen-bond donors (Lipinski definition) is 1. The summed E-state index contributed by atoms with van der Waals surface area (Å²) in [6, 6.07) is 5.11. The van der Waals surface area contributed by atoms with Gasteiger partial charge in [0.1, 0.15) is 16.7 Å². The second-order valence-electron chi connectivity index (χ2n) is 7.82. The van der Waals surface area contributed by atoms with Gasteiger partial charge in [0, 0.05) is 10.6 Å². The summed E-state index contributed by atoms with van der Waals surface area (Å²) < 4.78 is 1.54. The van der Waals surface area contributed by atoms with E-state index >= 15 is 0 Å². The van der Waals surface area contributed by atoms with Crippen molar-refractivity contribution in [3.8, 4) is 0 Å². The molecular formula is C22H28N4O2S. The van der Waals surface area contributed by atoms with E-state index in [4.69, 9.17) is 4.98 Å². The molecule has 7 heteroatoms. The lowest BCUT2D eigenvalue weighted by Gasteiger charge is -2.21. The lowest BCUT2D eigenvalue weighted by Crippen LogP contribution is -2.36. The van der Waals surface area contributed by atoms with E-state index < -0.39 is 6.04 Å². The third-order valence-corrected chi connectivity index (χ3v) is 6.50. The molecule has 2 aromatic heterocycles. The van der Waals surface area contributed by atoms with Gasteiger partial charge in [-0.1, -0.05) is 12.1 Å². The molecule has 1 amide bonds. The highest BCUT2D eigenvalue weighted by Gasteiger charge is 2.24. The van der Waals surface area contributed by atoms with E-state index in [2.05, 4.69) is 5.32 Å². The first kappa shape index (κ1) is 21.2. The van der Waals surface area contributed by atoms with E-state index in [1.807, 2.05) is 64.9 Å². The van der Waals surface area contributed by atoms with Crippen molar-refractivity contribution in [3.63, 3.8) is 0 Å². The zero-order chi connectivity index (χ0) is 21.5. The van der Waals surface area contributed by atoms with Crippen LogP contribution in [0.3, 0.4) is 0 Å². The summed E-state index contributed by atoms with van der Waals surface area (Å²) in [5.41, 5.74) is 3.67. The second kappa shape index (κ2) is 8.08. The van der Waals surface area contributed by atoms with Crippen LogP contribution in [0.2, 0.25) is 0 Å². The molecule has 0 aliphatic carbocycles. The first-order chi connectivity index (χ1) is 13.6.